The van der Waals surface area contributed by atoms with E-state index in [9.17, 15) is 4.39 Å². The summed E-state index contributed by atoms with van der Waals surface area (Å²) in [5.41, 5.74) is 0. The molecule has 1 rings (SSSR count). The standard InChI is InChI=1S/C11H16FNO2/c1-2-13-9(7-14)8-15-11-6-4-3-5-10(11)12/h3-6,9,13-14H,2,7-8H2,1H3. The third-order valence-corrected chi connectivity index (χ3v) is 1.99. The first-order valence-electron chi connectivity index (χ1n) is 4.99. The molecular formula is C11H16FNO2. The number of aliphatic hydroxyl groups is 1. The number of halogens is 1. The average molecular weight is 213 g/mol. The van der Waals surface area contributed by atoms with Gasteiger partial charge in [-0.05, 0) is 18.7 Å². The van der Waals surface area contributed by atoms with E-state index in [1.54, 1.807) is 18.2 Å². The van der Waals surface area contributed by atoms with Crippen LogP contribution in [0.2, 0.25) is 0 Å². The zero-order chi connectivity index (χ0) is 11.1. The van der Waals surface area contributed by atoms with Crippen molar-refractivity contribution in [1.29, 1.82) is 0 Å². The van der Waals surface area contributed by atoms with E-state index in [4.69, 9.17) is 9.84 Å². The lowest BCUT2D eigenvalue weighted by Gasteiger charge is -2.16. The highest BCUT2D eigenvalue weighted by atomic mass is 19.1. The van der Waals surface area contributed by atoms with Crippen molar-refractivity contribution in [2.45, 2.75) is 13.0 Å². The molecule has 0 amide bonds. The predicted molar refractivity (Wildman–Crippen MR) is 56.4 cm³/mol. The number of para-hydroxylation sites is 1. The monoisotopic (exact) mass is 213 g/mol. The molecule has 0 heterocycles. The van der Waals surface area contributed by atoms with E-state index in [1.807, 2.05) is 6.92 Å². The van der Waals surface area contributed by atoms with Crippen LogP contribution in [-0.2, 0) is 0 Å². The Bertz CT molecular complexity index is 294. The fraction of sp³-hybridized carbons (Fsp3) is 0.455. The normalized spacial score (nSPS) is 12.5. The minimum absolute atomic E-state index is 0.0255. The summed E-state index contributed by atoms with van der Waals surface area (Å²) in [7, 11) is 0. The van der Waals surface area contributed by atoms with Crippen molar-refractivity contribution in [2.24, 2.45) is 0 Å². The van der Waals surface area contributed by atoms with Gasteiger partial charge in [0.25, 0.3) is 0 Å². The second-order valence-electron chi connectivity index (χ2n) is 3.18. The van der Waals surface area contributed by atoms with E-state index >= 15 is 0 Å². The highest BCUT2D eigenvalue weighted by Gasteiger charge is 2.08. The van der Waals surface area contributed by atoms with Gasteiger partial charge in [0.1, 0.15) is 6.61 Å². The third kappa shape index (κ3) is 3.85. The highest BCUT2D eigenvalue weighted by molar-refractivity contribution is 5.23. The van der Waals surface area contributed by atoms with Gasteiger partial charge in [0.2, 0.25) is 0 Å². The molecule has 0 bridgehead atoms. The van der Waals surface area contributed by atoms with Gasteiger partial charge in [0.05, 0.1) is 12.6 Å². The van der Waals surface area contributed by atoms with Gasteiger partial charge in [-0.1, -0.05) is 19.1 Å². The number of likely N-dealkylation sites (N-methyl/N-ethyl adjacent to an activating group) is 1. The number of aliphatic hydroxyl groups excluding tert-OH is 1. The van der Waals surface area contributed by atoms with Gasteiger partial charge in [-0.25, -0.2) is 4.39 Å². The highest BCUT2D eigenvalue weighted by Crippen LogP contribution is 2.15. The lowest BCUT2D eigenvalue weighted by molar-refractivity contribution is 0.181. The van der Waals surface area contributed by atoms with E-state index in [-0.39, 0.29) is 30.8 Å². The lowest BCUT2D eigenvalue weighted by Crippen LogP contribution is -2.37. The molecule has 0 aliphatic carbocycles. The maximum absolute atomic E-state index is 13.1. The number of hydrogen-bond acceptors (Lipinski definition) is 3. The van der Waals surface area contributed by atoms with Gasteiger partial charge in [0.15, 0.2) is 11.6 Å². The maximum Gasteiger partial charge on any atom is 0.165 e. The first-order valence-corrected chi connectivity index (χ1v) is 4.99. The van der Waals surface area contributed by atoms with Gasteiger partial charge in [-0.15, -0.1) is 0 Å². The molecule has 0 saturated heterocycles. The zero-order valence-electron chi connectivity index (χ0n) is 8.74. The summed E-state index contributed by atoms with van der Waals surface area (Å²) in [5, 5.41) is 12.0. The Morgan fingerprint density at radius 3 is 2.80 bits per heavy atom. The molecule has 1 unspecified atom stereocenters. The summed E-state index contributed by atoms with van der Waals surface area (Å²) in [5.74, 6) is -0.167. The molecule has 2 N–H and O–H groups in total. The molecule has 0 saturated carbocycles. The first-order chi connectivity index (χ1) is 7.27. The van der Waals surface area contributed by atoms with Gasteiger partial charge >= 0.3 is 0 Å². The molecule has 0 aromatic heterocycles. The van der Waals surface area contributed by atoms with Gasteiger partial charge in [-0.2, -0.15) is 0 Å². The Morgan fingerprint density at radius 1 is 1.47 bits per heavy atom. The molecule has 1 aromatic carbocycles. The van der Waals surface area contributed by atoms with E-state index in [1.165, 1.54) is 6.07 Å². The van der Waals surface area contributed by atoms with E-state index in [0.29, 0.717) is 0 Å². The first kappa shape index (κ1) is 11.9. The molecule has 84 valence electrons. The average Bonchev–Trinajstić information content (AvgIpc) is 2.26. The molecule has 1 aromatic rings. The topological polar surface area (TPSA) is 41.5 Å². The second kappa shape index (κ2) is 6.37. The largest absolute Gasteiger partial charge is 0.489 e. The number of hydrogen-bond donors (Lipinski definition) is 2. The fourth-order valence-corrected chi connectivity index (χ4v) is 1.22. The van der Waals surface area contributed by atoms with Crippen molar-refractivity contribution in [3.05, 3.63) is 30.1 Å². The second-order valence-corrected chi connectivity index (χ2v) is 3.18. The Kier molecular flexibility index (Phi) is 5.07. The Balaban J connectivity index is 2.45. The number of nitrogens with one attached hydrogen (secondary N) is 1. The smallest absolute Gasteiger partial charge is 0.165 e. The maximum atomic E-state index is 13.1. The van der Waals surface area contributed by atoms with Crippen LogP contribution in [0.3, 0.4) is 0 Å². The van der Waals surface area contributed by atoms with Crippen LogP contribution in [0, 0.1) is 5.82 Å². The number of benzene rings is 1. The van der Waals surface area contributed by atoms with Crippen LogP contribution in [0.25, 0.3) is 0 Å². The SMILES string of the molecule is CCNC(CO)COc1ccccc1F. The van der Waals surface area contributed by atoms with Crippen LogP contribution in [-0.4, -0.2) is 30.9 Å². The Morgan fingerprint density at radius 2 is 2.20 bits per heavy atom. The van der Waals surface area contributed by atoms with Crippen LogP contribution >= 0.6 is 0 Å². The van der Waals surface area contributed by atoms with E-state index in [0.717, 1.165) is 6.54 Å². The van der Waals surface area contributed by atoms with Crippen molar-refractivity contribution >= 4 is 0 Å². The van der Waals surface area contributed by atoms with Crippen LogP contribution in [0.1, 0.15) is 6.92 Å². The van der Waals surface area contributed by atoms with Crippen molar-refractivity contribution in [3.63, 3.8) is 0 Å². The summed E-state index contributed by atoms with van der Waals surface area (Å²) in [6.07, 6.45) is 0. The van der Waals surface area contributed by atoms with Gasteiger partial charge < -0.3 is 15.2 Å². The summed E-state index contributed by atoms with van der Waals surface area (Å²) >= 11 is 0. The minimum Gasteiger partial charge on any atom is -0.489 e. The molecule has 1 atom stereocenters. The van der Waals surface area contributed by atoms with E-state index in [2.05, 4.69) is 5.32 Å². The van der Waals surface area contributed by atoms with Crippen LogP contribution in [0.4, 0.5) is 4.39 Å². The van der Waals surface area contributed by atoms with Crippen LogP contribution in [0.5, 0.6) is 5.75 Å². The lowest BCUT2D eigenvalue weighted by atomic mass is 10.3. The fourth-order valence-electron chi connectivity index (χ4n) is 1.22. The molecule has 15 heavy (non-hydrogen) atoms. The van der Waals surface area contributed by atoms with Crippen LogP contribution < -0.4 is 10.1 Å². The minimum atomic E-state index is -0.384. The van der Waals surface area contributed by atoms with Crippen LogP contribution in [0.15, 0.2) is 24.3 Å². The van der Waals surface area contributed by atoms with Crippen molar-refractivity contribution in [1.82, 2.24) is 5.32 Å². The summed E-state index contributed by atoms with van der Waals surface area (Å²) < 4.78 is 18.4. The molecular weight excluding hydrogens is 197 g/mol. The molecule has 3 nitrogen and oxygen atoms in total. The summed E-state index contributed by atoms with van der Waals surface area (Å²) in [6, 6.07) is 6.07. The molecule has 0 aliphatic rings. The Hall–Kier alpha value is -1.13. The predicted octanol–water partition coefficient (Wildman–Crippen LogP) is 1.17. The third-order valence-electron chi connectivity index (χ3n) is 1.99. The van der Waals surface area contributed by atoms with E-state index < -0.39 is 0 Å². The summed E-state index contributed by atoms with van der Waals surface area (Å²) in [4.78, 5) is 0. The van der Waals surface area contributed by atoms with Crippen molar-refractivity contribution < 1.29 is 14.2 Å². The van der Waals surface area contributed by atoms with Crippen molar-refractivity contribution in [2.75, 3.05) is 19.8 Å². The van der Waals surface area contributed by atoms with Gasteiger partial charge in [0, 0.05) is 0 Å². The molecule has 0 aliphatic heterocycles. The summed E-state index contributed by atoms with van der Waals surface area (Å²) in [6.45, 7) is 2.91. The molecule has 0 spiro atoms. The number of rotatable bonds is 6. The molecule has 0 radical (unpaired) electrons. The molecule has 0 fully saturated rings. The Labute approximate surface area is 88.9 Å². The van der Waals surface area contributed by atoms with Gasteiger partial charge in [-0.3, -0.25) is 0 Å². The molecule has 4 heteroatoms. The zero-order valence-corrected chi connectivity index (χ0v) is 8.74. The number of ether oxygens (including phenoxy) is 1. The van der Waals surface area contributed by atoms with Crippen molar-refractivity contribution in [3.8, 4) is 5.75 Å². The quantitative estimate of drug-likeness (QED) is 0.745.